The Balaban J connectivity index is 2.05. The van der Waals surface area contributed by atoms with Crippen molar-refractivity contribution in [2.75, 3.05) is 7.11 Å². The number of halogens is 1. The van der Waals surface area contributed by atoms with Crippen molar-refractivity contribution >= 4 is 28.9 Å². The van der Waals surface area contributed by atoms with Crippen LogP contribution in [-0.2, 0) is 11.2 Å². The number of aromatic nitrogens is 1. The van der Waals surface area contributed by atoms with Gasteiger partial charge >= 0.3 is 0 Å². The first-order chi connectivity index (χ1) is 11.6. The highest BCUT2D eigenvalue weighted by Crippen LogP contribution is 2.35. The number of carbonyl (C=O) groups is 1. The Hall–Kier alpha value is -2.37. The maximum atomic E-state index is 11.1. The lowest BCUT2D eigenvalue weighted by Gasteiger charge is -2.04. The van der Waals surface area contributed by atoms with E-state index in [0.717, 1.165) is 21.9 Å². The zero-order valence-electron chi connectivity index (χ0n) is 12.8. The summed E-state index contributed by atoms with van der Waals surface area (Å²) in [5, 5.41) is 12.5. The predicted octanol–water partition coefficient (Wildman–Crippen LogP) is 3.43. The van der Waals surface area contributed by atoms with E-state index >= 15 is 0 Å². The number of carboxylic acid groups (broad SMARTS) is 1. The SMILES string of the molecule is COc1ccc(-c2nc(-c3ccc(Cl)cc3)sc2CC(=O)[O-])cc1. The summed E-state index contributed by atoms with van der Waals surface area (Å²) in [6, 6.07) is 14.6. The molecule has 0 fully saturated rings. The van der Waals surface area contributed by atoms with Crippen LogP contribution in [0.25, 0.3) is 21.8 Å². The number of hydrogen-bond donors (Lipinski definition) is 0. The first-order valence-corrected chi connectivity index (χ1v) is 8.36. The van der Waals surface area contributed by atoms with Crippen molar-refractivity contribution in [1.82, 2.24) is 4.98 Å². The summed E-state index contributed by atoms with van der Waals surface area (Å²) in [6.07, 6.45) is -0.174. The van der Waals surface area contributed by atoms with E-state index < -0.39 is 5.97 Å². The van der Waals surface area contributed by atoms with Crippen LogP contribution in [0.3, 0.4) is 0 Å². The van der Waals surface area contributed by atoms with Crippen molar-refractivity contribution in [1.29, 1.82) is 0 Å². The molecule has 24 heavy (non-hydrogen) atoms. The molecule has 0 aliphatic carbocycles. The number of rotatable bonds is 5. The van der Waals surface area contributed by atoms with Gasteiger partial charge in [0.2, 0.25) is 0 Å². The molecular formula is C18H13ClNO3S-. The van der Waals surface area contributed by atoms with E-state index in [9.17, 15) is 9.90 Å². The molecule has 0 unspecified atom stereocenters. The van der Waals surface area contributed by atoms with E-state index in [0.29, 0.717) is 15.6 Å². The largest absolute Gasteiger partial charge is 0.550 e. The van der Waals surface area contributed by atoms with Gasteiger partial charge in [-0.1, -0.05) is 23.7 Å². The third-order valence-electron chi connectivity index (χ3n) is 3.46. The van der Waals surface area contributed by atoms with Gasteiger partial charge < -0.3 is 14.6 Å². The van der Waals surface area contributed by atoms with Crippen molar-refractivity contribution in [3.63, 3.8) is 0 Å². The second kappa shape index (κ2) is 7.03. The number of methoxy groups -OCH3 is 1. The molecule has 0 amide bonds. The summed E-state index contributed by atoms with van der Waals surface area (Å²) in [5.41, 5.74) is 2.38. The molecule has 0 saturated heterocycles. The second-order valence-electron chi connectivity index (χ2n) is 5.07. The van der Waals surface area contributed by atoms with Gasteiger partial charge in [0.15, 0.2) is 0 Å². The van der Waals surface area contributed by atoms with Crippen molar-refractivity contribution in [2.24, 2.45) is 0 Å². The number of carbonyl (C=O) groups excluding carboxylic acids is 1. The number of thiazole rings is 1. The molecule has 0 aliphatic rings. The van der Waals surface area contributed by atoms with Gasteiger partial charge in [0.05, 0.1) is 12.8 Å². The van der Waals surface area contributed by atoms with Crippen LogP contribution in [0, 0.1) is 0 Å². The Bertz CT molecular complexity index is 857. The van der Waals surface area contributed by atoms with Crippen molar-refractivity contribution in [2.45, 2.75) is 6.42 Å². The highest BCUT2D eigenvalue weighted by molar-refractivity contribution is 7.15. The van der Waals surface area contributed by atoms with Crippen LogP contribution in [0.5, 0.6) is 5.75 Å². The predicted molar refractivity (Wildman–Crippen MR) is 93.3 cm³/mol. The van der Waals surface area contributed by atoms with Gasteiger partial charge in [-0.25, -0.2) is 4.98 Å². The average molecular weight is 359 g/mol. The first kappa shape index (κ1) is 16.5. The third-order valence-corrected chi connectivity index (χ3v) is 4.81. The van der Waals surface area contributed by atoms with Gasteiger partial charge in [0.1, 0.15) is 10.8 Å². The quantitative estimate of drug-likeness (QED) is 0.701. The molecule has 3 aromatic rings. The molecule has 0 radical (unpaired) electrons. The van der Waals surface area contributed by atoms with Crippen LogP contribution >= 0.6 is 22.9 Å². The molecule has 3 rings (SSSR count). The molecule has 0 aliphatic heterocycles. The monoisotopic (exact) mass is 358 g/mol. The summed E-state index contributed by atoms with van der Waals surface area (Å²) >= 11 is 7.26. The van der Waals surface area contributed by atoms with E-state index in [2.05, 4.69) is 4.98 Å². The third kappa shape index (κ3) is 3.58. The lowest BCUT2D eigenvalue weighted by Crippen LogP contribution is -2.24. The van der Waals surface area contributed by atoms with Crippen molar-refractivity contribution < 1.29 is 14.6 Å². The fourth-order valence-corrected chi connectivity index (χ4v) is 3.49. The molecule has 1 heterocycles. The Morgan fingerprint density at radius 3 is 2.33 bits per heavy atom. The summed E-state index contributed by atoms with van der Waals surface area (Å²) in [4.78, 5) is 16.4. The average Bonchev–Trinajstić information content (AvgIpc) is 2.98. The van der Waals surface area contributed by atoms with Gasteiger partial charge in [-0.05, 0) is 36.4 Å². The molecule has 122 valence electrons. The van der Waals surface area contributed by atoms with Crippen LogP contribution in [-0.4, -0.2) is 18.1 Å². The molecule has 6 heteroatoms. The highest BCUT2D eigenvalue weighted by Gasteiger charge is 2.15. The van der Waals surface area contributed by atoms with Crippen LogP contribution in [0.15, 0.2) is 48.5 Å². The number of carboxylic acids is 1. The number of nitrogens with zero attached hydrogens (tertiary/aromatic N) is 1. The number of hydrogen-bond acceptors (Lipinski definition) is 5. The van der Waals surface area contributed by atoms with Crippen LogP contribution < -0.4 is 9.84 Å². The summed E-state index contributed by atoms with van der Waals surface area (Å²) in [5.74, 6) is -0.399. The van der Waals surface area contributed by atoms with Crippen LogP contribution in [0.4, 0.5) is 0 Å². The van der Waals surface area contributed by atoms with E-state index in [4.69, 9.17) is 16.3 Å². The molecule has 2 aromatic carbocycles. The minimum atomic E-state index is -1.13. The van der Waals surface area contributed by atoms with E-state index in [-0.39, 0.29) is 6.42 Å². The van der Waals surface area contributed by atoms with Crippen molar-refractivity contribution in [3.05, 3.63) is 58.4 Å². The topological polar surface area (TPSA) is 62.2 Å². The lowest BCUT2D eigenvalue weighted by molar-refractivity contribution is -0.304. The Labute approximate surface area is 148 Å². The van der Waals surface area contributed by atoms with Gasteiger partial charge in [0.25, 0.3) is 0 Å². The minimum absolute atomic E-state index is 0.174. The van der Waals surface area contributed by atoms with E-state index in [1.54, 1.807) is 19.2 Å². The maximum Gasteiger partial charge on any atom is 0.124 e. The number of benzene rings is 2. The molecule has 0 atom stereocenters. The normalized spacial score (nSPS) is 10.6. The van der Waals surface area contributed by atoms with Gasteiger partial charge in [0, 0.05) is 33.4 Å². The number of ether oxygens (including phenoxy) is 1. The maximum absolute atomic E-state index is 11.1. The Morgan fingerprint density at radius 1 is 1.12 bits per heavy atom. The molecule has 0 bridgehead atoms. The van der Waals surface area contributed by atoms with Gasteiger partial charge in [-0.3, -0.25) is 0 Å². The van der Waals surface area contributed by atoms with E-state index in [1.807, 2.05) is 36.4 Å². The molecule has 0 spiro atoms. The zero-order chi connectivity index (χ0) is 17.1. The fraction of sp³-hybridized carbons (Fsp3) is 0.111. The molecule has 0 saturated carbocycles. The minimum Gasteiger partial charge on any atom is -0.550 e. The van der Waals surface area contributed by atoms with Crippen molar-refractivity contribution in [3.8, 4) is 27.6 Å². The Kier molecular flexibility index (Phi) is 4.83. The fourth-order valence-electron chi connectivity index (χ4n) is 2.29. The smallest absolute Gasteiger partial charge is 0.124 e. The summed E-state index contributed by atoms with van der Waals surface area (Å²) < 4.78 is 5.15. The summed E-state index contributed by atoms with van der Waals surface area (Å²) in [6.45, 7) is 0. The molecular weight excluding hydrogens is 346 g/mol. The van der Waals surface area contributed by atoms with Crippen LogP contribution in [0.1, 0.15) is 4.88 Å². The second-order valence-corrected chi connectivity index (χ2v) is 6.60. The van der Waals surface area contributed by atoms with Gasteiger partial charge in [-0.2, -0.15) is 0 Å². The highest BCUT2D eigenvalue weighted by atomic mass is 35.5. The van der Waals surface area contributed by atoms with Gasteiger partial charge in [-0.15, -0.1) is 11.3 Å². The standard InChI is InChI=1S/C18H14ClNO3S/c1-23-14-8-4-11(5-9-14)17-15(10-16(21)22)24-18(20-17)12-2-6-13(19)7-3-12/h2-9H,10H2,1H3,(H,21,22)/p-1. The molecule has 1 aromatic heterocycles. The lowest BCUT2D eigenvalue weighted by atomic mass is 10.1. The Morgan fingerprint density at radius 2 is 1.75 bits per heavy atom. The first-order valence-electron chi connectivity index (χ1n) is 7.16. The zero-order valence-corrected chi connectivity index (χ0v) is 14.4. The van der Waals surface area contributed by atoms with E-state index in [1.165, 1.54) is 11.3 Å². The molecule has 4 nitrogen and oxygen atoms in total. The number of aliphatic carboxylic acids is 1. The molecule has 0 N–H and O–H groups in total. The summed E-state index contributed by atoms with van der Waals surface area (Å²) in [7, 11) is 1.60. The van der Waals surface area contributed by atoms with Crippen LogP contribution in [0.2, 0.25) is 5.02 Å².